The van der Waals surface area contributed by atoms with Crippen LogP contribution in [0.25, 0.3) is 0 Å². The second-order valence-electron chi connectivity index (χ2n) is 3.95. The van der Waals surface area contributed by atoms with Crippen molar-refractivity contribution in [1.82, 2.24) is 0 Å². The number of thiophene rings is 1. The molecule has 21 heavy (non-hydrogen) atoms. The van der Waals surface area contributed by atoms with E-state index < -0.39 is 0 Å². The summed E-state index contributed by atoms with van der Waals surface area (Å²) < 4.78 is 5.05. The van der Waals surface area contributed by atoms with E-state index in [1.54, 1.807) is 36.8 Å². The number of amides is 1. The van der Waals surface area contributed by atoms with Gasteiger partial charge in [-0.05, 0) is 18.2 Å². The number of nitrogens with one attached hydrogen (secondary N) is 1. The molecule has 0 spiro atoms. The maximum Gasteiger partial charge on any atom is 0.265 e. The van der Waals surface area contributed by atoms with Gasteiger partial charge in [0.25, 0.3) is 5.91 Å². The highest BCUT2D eigenvalue weighted by Crippen LogP contribution is 2.24. The third-order valence-electron chi connectivity index (χ3n) is 2.57. The van der Waals surface area contributed by atoms with Gasteiger partial charge in [-0.15, -0.1) is 11.3 Å². The zero-order valence-corrected chi connectivity index (χ0v) is 12.7. The zero-order chi connectivity index (χ0) is 15.2. The molecule has 1 amide bonds. The molecule has 0 saturated carbocycles. The lowest BCUT2D eigenvalue weighted by atomic mass is 10.1. The minimum atomic E-state index is -0.266. The van der Waals surface area contributed by atoms with Crippen molar-refractivity contribution in [3.63, 3.8) is 0 Å². The van der Waals surface area contributed by atoms with E-state index in [4.69, 9.17) is 21.4 Å². The number of anilines is 1. The van der Waals surface area contributed by atoms with E-state index >= 15 is 0 Å². The lowest BCUT2D eigenvalue weighted by Gasteiger charge is -2.07. The van der Waals surface area contributed by atoms with Crippen LogP contribution in [0.1, 0.15) is 15.2 Å². The normalized spacial score (nSPS) is 9.67. The first-order valence-corrected chi connectivity index (χ1v) is 7.23. The highest BCUT2D eigenvalue weighted by molar-refractivity contribution is 7.12. The summed E-state index contributed by atoms with van der Waals surface area (Å²) in [5, 5.41) is 13.8. The fourth-order valence-corrected chi connectivity index (χ4v) is 2.51. The summed E-state index contributed by atoms with van der Waals surface area (Å²) in [6.45, 7) is -0.252. The highest BCUT2D eigenvalue weighted by atomic mass is 35.5. The van der Waals surface area contributed by atoms with Gasteiger partial charge in [0.15, 0.2) is 0 Å². The van der Waals surface area contributed by atoms with Crippen molar-refractivity contribution in [2.45, 2.75) is 0 Å². The standard InChI is InChI=1S/C15H12ClNO3S/c1-20-12-8-14(21-9-12)15(19)17-13-7-11(16)5-4-10(13)3-2-6-18/h4-5,7-9,18H,6H2,1H3,(H,17,19). The first-order valence-electron chi connectivity index (χ1n) is 5.97. The summed E-state index contributed by atoms with van der Waals surface area (Å²) >= 11 is 7.22. The Morgan fingerprint density at radius 1 is 1.48 bits per heavy atom. The fraction of sp³-hybridized carbons (Fsp3) is 0.133. The van der Waals surface area contributed by atoms with Crippen LogP contribution in [0.4, 0.5) is 5.69 Å². The van der Waals surface area contributed by atoms with Gasteiger partial charge in [-0.2, -0.15) is 0 Å². The van der Waals surface area contributed by atoms with Crippen molar-refractivity contribution in [1.29, 1.82) is 0 Å². The van der Waals surface area contributed by atoms with E-state index in [2.05, 4.69) is 17.2 Å². The largest absolute Gasteiger partial charge is 0.496 e. The summed E-state index contributed by atoms with van der Waals surface area (Å²) in [4.78, 5) is 12.7. The summed E-state index contributed by atoms with van der Waals surface area (Å²) in [6, 6.07) is 6.64. The number of rotatable bonds is 3. The van der Waals surface area contributed by atoms with Crippen LogP contribution in [-0.2, 0) is 0 Å². The van der Waals surface area contributed by atoms with Gasteiger partial charge in [0.1, 0.15) is 12.4 Å². The molecule has 0 aliphatic carbocycles. The van der Waals surface area contributed by atoms with Crippen molar-refractivity contribution < 1.29 is 14.6 Å². The topological polar surface area (TPSA) is 58.6 Å². The number of aliphatic hydroxyl groups is 1. The van der Waals surface area contributed by atoms with Crippen LogP contribution >= 0.6 is 22.9 Å². The Balaban J connectivity index is 2.25. The van der Waals surface area contributed by atoms with Crippen molar-refractivity contribution in [2.75, 3.05) is 19.0 Å². The Hall–Kier alpha value is -2.00. The Morgan fingerprint density at radius 2 is 2.29 bits per heavy atom. The first kappa shape index (κ1) is 15.4. The van der Waals surface area contributed by atoms with Gasteiger partial charge in [0, 0.05) is 22.0 Å². The minimum absolute atomic E-state index is 0.252. The number of methoxy groups -OCH3 is 1. The molecule has 0 unspecified atom stereocenters. The molecule has 2 rings (SSSR count). The predicted octanol–water partition coefficient (Wildman–Crippen LogP) is 3.01. The molecule has 0 atom stereocenters. The molecule has 4 nitrogen and oxygen atoms in total. The molecular formula is C15H12ClNO3S. The van der Waals surface area contributed by atoms with Gasteiger partial charge in [0.2, 0.25) is 0 Å². The number of halogens is 1. The van der Waals surface area contributed by atoms with Gasteiger partial charge in [-0.25, -0.2) is 0 Å². The number of benzene rings is 1. The number of hydrogen-bond donors (Lipinski definition) is 2. The molecule has 1 aromatic heterocycles. The maximum atomic E-state index is 12.2. The van der Waals surface area contributed by atoms with Crippen molar-refractivity contribution in [3.05, 3.63) is 45.1 Å². The van der Waals surface area contributed by atoms with E-state index in [9.17, 15) is 4.79 Å². The fourth-order valence-electron chi connectivity index (χ4n) is 1.59. The van der Waals surface area contributed by atoms with Crippen LogP contribution < -0.4 is 10.1 Å². The molecule has 0 saturated heterocycles. The third kappa shape index (κ3) is 3.99. The van der Waals surface area contributed by atoms with E-state index in [0.717, 1.165) is 0 Å². The maximum absolute atomic E-state index is 12.2. The van der Waals surface area contributed by atoms with Crippen LogP contribution in [0.15, 0.2) is 29.6 Å². The molecule has 2 N–H and O–H groups in total. The lowest BCUT2D eigenvalue weighted by molar-refractivity contribution is 0.103. The molecule has 0 aliphatic rings. The van der Waals surface area contributed by atoms with E-state index in [-0.39, 0.29) is 12.5 Å². The van der Waals surface area contributed by atoms with E-state index in [1.807, 2.05) is 0 Å². The Bertz CT molecular complexity index is 715. The molecule has 2 aromatic rings. The van der Waals surface area contributed by atoms with Gasteiger partial charge in [0.05, 0.1) is 17.7 Å². The van der Waals surface area contributed by atoms with Crippen molar-refractivity contribution in [3.8, 4) is 17.6 Å². The monoisotopic (exact) mass is 321 g/mol. The van der Waals surface area contributed by atoms with Crippen LogP contribution in [-0.4, -0.2) is 24.7 Å². The molecule has 0 bridgehead atoms. The summed E-state index contributed by atoms with van der Waals surface area (Å²) in [5.41, 5.74) is 1.09. The number of aliphatic hydroxyl groups excluding tert-OH is 1. The SMILES string of the molecule is COc1csc(C(=O)Nc2cc(Cl)ccc2C#CCO)c1. The molecular weight excluding hydrogens is 310 g/mol. The zero-order valence-electron chi connectivity index (χ0n) is 11.1. The van der Waals surface area contributed by atoms with Crippen LogP contribution in [0.3, 0.4) is 0 Å². The quantitative estimate of drug-likeness (QED) is 0.854. The average Bonchev–Trinajstić information content (AvgIpc) is 2.95. The summed E-state index contributed by atoms with van der Waals surface area (Å²) in [5.74, 6) is 5.68. The number of carbonyl (C=O) groups excluding carboxylic acids is 1. The Kier molecular flexibility index (Phi) is 5.23. The molecule has 0 radical (unpaired) electrons. The molecule has 1 heterocycles. The van der Waals surface area contributed by atoms with Crippen molar-refractivity contribution >= 4 is 34.5 Å². The lowest BCUT2D eigenvalue weighted by Crippen LogP contribution is -2.11. The average molecular weight is 322 g/mol. The number of hydrogen-bond acceptors (Lipinski definition) is 4. The van der Waals surface area contributed by atoms with E-state index in [1.165, 1.54) is 11.3 Å². The second kappa shape index (κ2) is 7.14. The van der Waals surface area contributed by atoms with Crippen LogP contribution in [0.5, 0.6) is 5.75 Å². The number of carbonyl (C=O) groups is 1. The molecule has 6 heteroatoms. The Morgan fingerprint density at radius 3 is 2.95 bits per heavy atom. The second-order valence-corrected chi connectivity index (χ2v) is 5.30. The van der Waals surface area contributed by atoms with Gasteiger partial charge in [-0.1, -0.05) is 23.4 Å². The van der Waals surface area contributed by atoms with Gasteiger partial charge < -0.3 is 15.2 Å². The summed E-state index contributed by atoms with van der Waals surface area (Å²) in [6.07, 6.45) is 0. The highest BCUT2D eigenvalue weighted by Gasteiger charge is 2.12. The van der Waals surface area contributed by atoms with Gasteiger partial charge >= 0.3 is 0 Å². The molecule has 0 aliphatic heterocycles. The molecule has 108 valence electrons. The summed E-state index contributed by atoms with van der Waals surface area (Å²) in [7, 11) is 1.54. The molecule has 0 fully saturated rings. The van der Waals surface area contributed by atoms with Crippen LogP contribution in [0, 0.1) is 11.8 Å². The van der Waals surface area contributed by atoms with Crippen molar-refractivity contribution in [2.24, 2.45) is 0 Å². The minimum Gasteiger partial charge on any atom is -0.496 e. The smallest absolute Gasteiger partial charge is 0.265 e. The first-order chi connectivity index (χ1) is 10.1. The predicted molar refractivity (Wildman–Crippen MR) is 84.2 cm³/mol. The number of ether oxygens (including phenoxy) is 1. The van der Waals surface area contributed by atoms with E-state index in [0.29, 0.717) is 26.9 Å². The van der Waals surface area contributed by atoms with Crippen LogP contribution in [0.2, 0.25) is 5.02 Å². The van der Waals surface area contributed by atoms with Gasteiger partial charge in [-0.3, -0.25) is 4.79 Å². The molecule has 1 aromatic carbocycles. The third-order valence-corrected chi connectivity index (χ3v) is 3.71. The Labute approximate surface area is 131 Å².